The number of rotatable bonds is 4. The van der Waals surface area contributed by atoms with Crippen LogP contribution in [0.1, 0.15) is 35.7 Å². The summed E-state index contributed by atoms with van der Waals surface area (Å²) in [5.74, 6) is -1.07. The Bertz CT molecular complexity index is 971. The maximum atomic E-state index is 12.5. The fraction of sp³-hybridized carbons (Fsp3) is 0.318. The molecule has 2 aliphatic rings. The van der Waals surface area contributed by atoms with Crippen LogP contribution in [0.4, 0.5) is 17.1 Å². The number of hydrogen-bond donors (Lipinski definition) is 2. The molecule has 2 aromatic carbocycles. The number of fused-ring (bicyclic) bond motifs is 3. The maximum absolute atomic E-state index is 12.5. The molecule has 2 heterocycles. The van der Waals surface area contributed by atoms with Crippen molar-refractivity contribution in [2.24, 2.45) is 0 Å². The topological polar surface area (TPSA) is 87.7 Å². The van der Waals surface area contributed by atoms with Crippen molar-refractivity contribution in [2.75, 3.05) is 22.1 Å². The Kier molecular flexibility index (Phi) is 4.96. The van der Waals surface area contributed by atoms with Gasteiger partial charge in [0.1, 0.15) is 6.04 Å². The molecule has 4 rings (SSSR count). The zero-order valence-corrected chi connectivity index (χ0v) is 16.4. The van der Waals surface area contributed by atoms with Gasteiger partial charge in [-0.25, -0.2) is 4.79 Å². The van der Waals surface area contributed by atoms with Gasteiger partial charge in [0.15, 0.2) is 6.10 Å². The largest absolute Gasteiger partial charge is 0.449 e. The van der Waals surface area contributed by atoms with Crippen LogP contribution in [0, 0.1) is 6.92 Å². The van der Waals surface area contributed by atoms with Crippen LogP contribution in [0.3, 0.4) is 0 Å². The van der Waals surface area contributed by atoms with Gasteiger partial charge in [-0.15, -0.1) is 0 Å². The van der Waals surface area contributed by atoms with E-state index in [0.29, 0.717) is 11.4 Å². The van der Waals surface area contributed by atoms with E-state index in [4.69, 9.17) is 4.74 Å². The number of aryl methyl sites for hydroxylation is 1. The standard InChI is InChI=1S/C22H23N3O4/c1-13-5-8-16(9-6-13)23-20(26)14(2)29-22(28)15-7-10-18-17(12-15)24-21(27)19-4-3-11-25(18)19/h5-10,12,14,19H,3-4,11H2,1-2H3,(H,23,26)(H,24,27)/t14-,19+/m0/s1. The summed E-state index contributed by atoms with van der Waals surface area (Å²) < 4.78 is 5.32. The van der Waals surface area contributed by atoms with Crippen molar-refractivity contribution in [1.82, 2.24) is 0 Å². The molecule has 0 aromatic heterocycles. The van der Waals surface area contributed by atoms with Crippen molar-refractivity contribution in [3.05, 3.63) is 53.6 Å². The molecule has 2 N–H and O–H groups in total. The van der Waals surface area contributed by atoms with Crippen LogP contribution in [-0.2, 0) is 14.3 Å². The Labute approximate surface area is 169 Å². The summed E-state index contributed by atoms with van der Waals surface area (Å²) in [6.07, 6.45) is 0.842. The molecule has 0 saturated carbocycles. The fourth-order valence-corrected chi connectivity index (χ4v) is 3.72. The zero-order chi connectivity index (χ0) is 20.5. The number of hydrogen-bond acceptors (Lipinski definition) is 5. The maximum Gasteiger partial charge on any atom is 0.338 e. The van der Waals surface area contributed by atoms with Crippen molar-refractivity contribution in [1.29, 1.82) is 0 Å². The molecular formula is C22H23N3O4. The number of carbonyl (C=O) groups excluding carboxylic acids is 3. The lowest BCUT2D eigenvalue weighted by Crippen LogP contribution is -2.43. The van der Waals surface area contributed by atoms with Crippen LogP contribution in [0.25, 0.3) is 0 Å². The van der Waals surface area contributed by atoms with E-state index in [1.807, 2.05) is 25.1 Å². The predicted molar refractivity (Wildman–Crippen MR) is 110 cm³/mol. The number of carbonyl (C=O) groups is 3. The van der Waals surface area contributed by atoms with Crippen LogP contribution < -0.4 is 15.5 Å². The van der Waals surface area contributed by atoms with Crippen LogP contribution in [-0.4, -0.2) is 36.5 Å². The number of nitrogens with one attached hydrogen (secondary N) is 2. The van der Waals surface area contributed by atoms with E-state index in [0.717, 1.165) is 30.6 Å². The summed E-state index contributed by atoms with van der Waals surface area (Å²) in [4.78, 5) is 39.2. The molecule has 0 spiro atoms. The van der Waals surface area contributed by atoms with Gasteiger partial charge in [0.2, 0.25) is 5.91 Å². The van der Waals surface area contributed by atoms with Crippen molar-refractivity contribution >= 4 is 34.8 Å². The average Bonchev–Trinajstić information content (AvgIpc) is 3.20. The predicted octanol–water partition coefficient (Wildman–Crippen LogP) is 3.10. The van der Waals surface area contributed by atoms with E-state index < -0.39 is 18.0 Å². The van der Waals surface area contributed by atoms with Gasteiger partial charge in [-0.1, -0.05) is 17.7 Å². The second-order valence-corrected chi connectivity index (χ2v) is 7.48. The van der Waals surface area contributed by atoms with Gasteiger partial charge >= 0.3 is 5.97 Å². The first-order chi connectivity index (χ1) is 13.9. The molecule has 7 heteroatoms. The lowest BCUT2D eigenvalue weighted by atomic mass is 10.1. The number of esters is 1. The molecule has 1 saturated heterocycles. The first-order valence-electron chi connectivity index (χ1n) is 9.72. The molecule has 0 radical (unpaired) electrons. The Morgan fingerprint density at radius 1 is 1.21 bits per heavy atom. The highest BCUT2D eigenvalue weighted by Gasteiger charge is 2.36. The van der Waals surface area contributed by atoms with Gasteiger partial charge in [0, 0.05) is 12.2 Å². The van der Waals surface area contributed by atoms with Crippen molar-refractivity contribution < 1.29 is 19.1 Å². The van der Waals surface area contributed by atoms with E-state index in [9.17, 15) is 14.4 Å². The molecule has 7 nitrogen and oxygen atoms in total. The smallest absolute Gasteiger partial charge is 0.338 e. The third-order valence-electron chi connectivity index (χ3n) is 5.33. The quantitative estimate of drug-likeness (QED) is 0.780. The second-order valence-electron chi connectivity index (χ2n) is 7.48. The van der Waals surface area contributed by atoms with Gasteiger partial charge in [-0.2, -0.15) is 0 Å². The third kappa shape index (κ3) is 3.81. The lowest BCUT2D eigenvalue weighted by molar-refractivity contribution is -0.123. The summed E-state index contributed by atoms with van der Waals surface area (Å²) in [5.41, 5.74) is 3.52. The van der Waals surface area contributed by atoms with Crippen LogP contribution in [0.5, 0.6) is 0 Å². The first-order valence-corrected chi connectivity index (χ1v) is 9.72. The number of amides is 2. The normalized spacial score (nSPS) is 18.3. The monoisotopic (exact) mass is 393 g/mol. The Hall–Kier alpha value is -3.35. The third-order valence-corrected chi connectivity index (χ3v) is 5.33. The number of nitrogens with zero attached hydrogens (tertiary/aromatic N) is 1. The molecule has 2 aromatic rings. The highest BCUT2D eigenvalue weighted by molar-refractivity contribution is 6.05. The van der Waals surface area contributed by atoms with E-state index >= 15 is 0 Å². The fourth-order valence-electron chi connectivity index (χ4n) is 3.72. The van der Waals surface area contributed by atoms with E-state index in [1.54, 1.807) is 24.3 Å². The summed E-state index contributed by atoms with van der Waals surface area (Å²) in [7, 11) is 0. The number of ether oxygens (including phenoxy) is 1. The molecule has 0 aliphatic carbocycles. The Morgan fingerprint density at radius 3 is 2.72 bits per heavy atom. The molecule has 0 unspecified atom stereocenters. The van der Waals surface area contributed by atoms with Crippen LogP contribution in [0.15, 0.2) is 42.5 Å². The zero-order valence-electron chi connectivity index (χ0n) is 16.4. The van der Waals surface area contributed by atoms with Crippen molar-refractivity contribution in [3.8, 4) is 0 Å². The van der Waals surface area contributed by atoms with Gasteiger partial charge in [0.25, 0.3) is 5.91 Å². The molecule has 0 bridgehead atoms. The average molecular weight is 393 g/mol. The SMILES string of the molecule is Cc1ccc(NC(=O)[C@H](C)OC(=O)c2ccc3c(c2)NC(=O)[C@H]2CCCN32)cc1. The molecule has 2 atom stereocenters. The van der Waals surface area contributed by atoms with Gasteiger partial charge < -0.3 is 20.3 Å². The minimum absolute atomic E-state index is 0.0497. The van der Waals surface area contributed by atoms with Crippen LogP contribution in [0.2, 0.25) is 0 Å². The Balaban J connectivity index is 1.43. The molecule has 2 amide bonds. The molecular weight excluding hydrogens is 370 g/mol. The minimum Gasteiger partial charge on any atom is -0.449 e. The second kappa shape index (κ2) is 7.58. The van der Waals surface area contributed by atoms with E-state index in [-0.39, 0.29) is 17.5 Å². The summed E-state index contributed by atoms with van der Waals surface area (Å²) in [5, 5.41) is 5.60. The van der Waals surface area contributed by atoms with Crippen LogP contribution >= 0.6 is 0 Å². The van der Waals surface area contributed by atoms with Gasteiger partial charge in [0.05, 0.1) is 16.9 Å². The molecule has 29 heavy (non-hydrogen) atoms. The van der Waals surface area contributed by atoms with Gasteiger partial charge in [-0.3, -0.25) is 9.59 Å². The summed E-state index contributed by atoms with van der Waals surface area (Å²) >= 11 is 0. The van der Waals surface area contributed by atoms with Gasteiger partial charge in [-0.05, 0) is 57.0 Å². The summed E-state index contributed by atoms with van der Waals surface area (Å²) in [6, 6.07) is 12.3. The highest BCUT2D eigenvalue weighted by atomic mass is 16.5. The molecule has 150 valence electrons. The van der Waals surface area contributed by atoms with E-state index in [2.05, 4.69) is 15.5 Å². The molecule has 2 aliphatic heterocycles. The summed E-state index contributed by atoms with van der Waals surface area (Å²) in [6.45, 7) is 4.31. The lowest BCUT2D eigenvalue weighted by Gasteiger charge is -2.33. The molecule has 1 fully saturated rings. The van der Waals surface area contributed by atoms with Crippen molar-refractivity contribution in [2.45, 2.75) is 38.8 Å². The minimum atomic E-state index is -0.961. The van der Waals surface area contributed by atoms with E-state index in [1.165, 1.54) is 6.92 Å². The Morgan fingerprint density at radius 2 is 1.97 bits per heavy atom. The van der Waals surface area contributed by atoms with Crippen molar-refractivity contribution in [3.63, 3.8) is 0 Å². The highest BCUT2D eigenvalue weighted by Crippen LogP contribution is 2.37. The number of anilines is 3. The number of benzene rings is 2. The first kappa shape index (κ1) is 19.0.